The van der Waals surface area contributed by atoms with Crippen LogP contribution in [0.15, 0.2) is 42.9 Å². The van der Waals surface area contributed by atoms with Gasteiger partial charge >= 0.3 is 24.3 Å². The lowest BCUT2D eigenvalue weighted by atomic mass is 9.77. The highest BCUT2D eigenvalue weighted by Gasteiger charge is 2.48. The van der Waals surface area contributed by atoms with Crippen LogP contribution in [0.3, 0.4) is 0 Å². The molecule has 16 heteroatoms. The molecular weight excluding hydrogens is 547 g/mol. The number of carbonyl (C=O) groups is 2. The highest BCUT2D eigenvalue weighted by atomic mass is 19.4. The number of hydrogen-bond donors (Lipinski definition) is 2. The van der Waals surface area contributed by atoms with Gasteiger partial charge in [0.15, 0.2) is 5.82 Å². The number of ether oxygens (including phenoxy) is 2. The van der Waals surface area contributed by atoms with Crippen molar-refractivity contribution < 1.29 is 60.0 Å². The van der Waals surface area contributed by atoms with Crippen LogP contribution in [-0.2, 0) is 20.9 Å². The molecule has 216 valence electrons. The summed E-state index contributed by atoms with van der Waals surface area (Å²) in [6, 6.07) is 7.03. The Morgan fingerprint density at radius 3 is 2.18 bits per heavy atom. The second-order valence-corrected chi connectivity index (χ2v) is 8.51. The van der Waals surface area contributed by atoms with E-state index in [0.717, 1.165) is 39.1 Å². The van der Waals surface area contributed by atoms with E-state index in [1.54, 1.807) is 12.3 Å². The highest BCUT2D eigenvalue weighted by molar-refractivity contribution is 5.73. The molecule has 0 aliphatic carbocycles. The Labute approximate surface area is 217 Å². The molecule has 0 aromatic carbocycles. The van der Waals surface area contributed by atoms with Crippen LogP contribution in [0.5, 0.6) is 5.88 Å². The van der Waals surface area contributed by atoms with Gasteiger partial charge in [0, 0.05) is 50.2 Å². The first kappa shape index (κ1) is 31.7. The quantitative estimate of drug-likeness (QED) is 0.514. The third-order valence-electron chi connectivity index (χ3n) is 5.71. The van der Waals surface area contributed by atoms with Gasteiger partial charge in [-0.3, -0.25) is 9.88 Å². The summed E-state index contributed by atoms with van der Waals surface area (Å²) >= 11 is 0. The van der Waals surface area contributed by atoms with E-state index >= 15 is 0 Å². The summed E-state index contributed by atoms with van der Waals surface area (Å²) in [4.78, 5) is 28.3. The van der Waals surface area contributed by atoms with E-state index in [-0.39, 0.29) is 17.4 Å². The second-order valence-electron chi connectivity index (χ2n) is 8.51. The average molecular weight is 571 g/mol. The van der Waals surface area contributed by atoms with Crippen molar-refractivity contribution >= 4 is 11.9 Å². The van der Waals surface area contributed by atoms with E-state index in [1.165, 1.54) is 11.6 Å². The topological polar surface area (TPSA) is 122 Å². The van der Waals surface area contributed by atoms with Crippen LogP contribution in [0.4, 0.5) is 30.7 Å². The van der Waals surface area contributed by atoms with Crippen molar-refractivity contribution in [1.82, 2.24) is 14.9 Å². The number of rotatable bonds is 5. The molecule has 0 spiro atoms. The van der Waals surface area contributed by atoms with Crippen LogP contribution in [0.1, 0.15) is 18.4 Å². The number of carboxylic acids is 2. The zero-order valence-electron chi connectivity index (χ0n) is 20.1. The highest BCUT2D eigenvalue weighted by Crippen LogP contribution is 2.41. The lowest BCUT2D eigenvalue weighted by Gasteiger charge is -2.43. The Morgan fingerprint density at radius 1 is 1.05 bits per heavy atom. The number of likely N-dealkylation sites (tertiary alicyclic amines) is 1. The molecule has 39 heavy (non-hydrogen) atoms. The summed E-state index contributed by atoms with van der Waals surface area (Å²) in [6.07, 6.45) is -2.89. The van der Waals surface area contributed by atoms with Crippen LogP contribution >= 0.6 is 0 Å². The molecule has 0 saturated carbocycles. The second kappa shape index (κ2) is 13.5. The number of hydrogen-bond acceptors (Lipinski definition) is 7. The minimum atomic E-state index is -5.08. The molecule has 2 aromatic heterocycles. The maximum Gasteiger partial charge on any atom is 0.490 e. The smallest absolute Gasteiger partial charge is 0.475 e. The van der Waals surface area contributed by atoms with Crippen molar-refractivity contribution in [2.24, 2.45) is 5.41 Å². The van der Waals surface area contributed by atoms with Gasteiger partial charge in [-0.2, -0.15) is 26.3 Å². The monoisotopic (exact) mass is 571 g/mol. The Kier molecular flexibility index (Phi) is 11.0. The van der Waals surface area contributed by atoms with E-state index in [4.69, 9.17) is 29.3 Å². The fraction of sp³-hybridized carbons (Fsp3) is 0.478. The Balaban J connectivity index is 0.000000317. The van der Waals surface area contributed by atoms with Gasteiger partial charge in [0.25, 0.3) is 0 Å². The number of alkyl halides is 6. The molecule has 2 saturated heterocycles. The van der Waals surface area contributed by atoms with Gasteiger partial charge in [0.2, 0.25) is 5.88 Å². The molecule has 4 heterocycles. The van der Waals surface area contributed by atoms with Crippen molar-refractivity contribution in [1.29, 1.82) is 0 Å². The number of nitrogens with zero attached hydrogens (tertiary/aromatic N) is 3. The summed E-state index contributed by atoms with van der Waals surface area (Å²) in [5.74, 6) is -5.85. The third-order valence-corrected chi connectivity index (χ3v) is 5.71. The summed E-state index contributed by atoms with van der Waals surface area (Å²) in [7, 11) is 0. The maximum absolute atomic E-state index is 13.8. The first-order valence-corrected chi connectivity index (χ1v) is 11.2. The van der Waals surface area contributed by atoms with Crippen molar-refractivity contribution in [3.63, 3.8) is 0 Å². The van der Waals surface area contributed by atoms with Gasteiger partial charge in [-0.25, -0.2) is 19.0 Å². The lowest BCUT2D eigenvalue weighted by molar-refractivity contribution is -0.193. The molecule has 0 unspecified atom stereocenters. The number of fused-ring (bicyclic) bond motifs is 1. The fourth-order valence-corrected chi connectivity index (χ4v) is 3.92. The van der Waals surface area contributed by atoms with Crippen LogP contribution in [0, 0.1) is 11.2 Å². The van der Waals surface area contributed by atoms with E-state index < -0.39 is 30.1 Å². The largest absolute Gasteiger partial charge is 0.490 e. The standard InChI is InChI=1S/C19H22FN3O2.2C2HF3O2/c20-16-2-1-7-22-18(16)25-14-19-6-11-24-17(19)5-10-23(13-19)12-15-3-8-21-9-4-15;2*3-2(4,5)1(6)7/h1-4,7-9,17H,5-6,10-14H2;2*(H,6,7)/t17-,19+;;/m1../s1. The van der Waals surface area contributed by atoms with E-state index in [1.807, 2.05) is 24.5 Å². The van der Waals surface area contributed by atoms with Gasteiger partial charge in [-0.15, -0.1) is 0 Å². The summed E-state index contributed by atoms with van der Waals surface area (Å²) in [5, 5.41) is 14.2. The van der Waals surface area contributed by atoms with Crippen LogP contribution < -0.4 is 4.74 Å². The van der Waals surface area contributed by atoms with Crippen molar-refractivity contribution in [2.45, 2.75) is 37.8 Å². The molecule has 2 aliphatic rings. The number of pyridine rings is 2. The minimum absolute atomic E-state index is 0.0776. The van der Waals surface area contributed by atoms with Gasteiger partial charge in [0.1, 0.15) is 0 Å². The molecular formula is C23H24F7N3O6. The third kappa shape index (κ3) is 9.94. The molecule has 2 aromatic rings. The zero-order chi connectivity index (χ0) is 29.3. The summed E-state index contributed by atoms with van der Waals surface area (Å²) in [6.45, 7) is 3.93. The molecule has 2 aliphatic heterocycles. The van der Waals surface area contributed by atoms with Crippen LogP contribution in [0.25, 0.3) is 0 Å². The lowest BCUT2D eigenvalue weighted by Crippen LogP contribution is -2.52. The van der Waals surface area contributed by atoms with Gasteiger partial charge in [0.05, 0.1) is 12.7 Å². The number of aliphatic carboxylic acids is 2. The minimum Gasteiger partial charge on any atom is -0.475 e. The van der Waals surface area contributed by atoms with Gasteiger partial charge in [-0.05, 0) is 42.7 Å². The van der Waals surface area contributed by atoms with Crippen LogP contribution in [0.2, 0.25) is 0 Å². The molecule has 0 bridgehead atoms. The molecule has 4 rings (SSSR count). The molecule has 2 fully saturated rings. The zero-order valence-corrected chi connectivity index (χ0v) is 20.1. The van der Waals surface area contributed by atoms with Gasteiger partial charge in [-0.1, -0.05) is 0 Å². The average Bonchev–Trinajstić information content (AvgIpc) is 3.27. The number of carboxylic acid groups (broad SMARTS) is 2. The van der Waals surface area contributed by atoms with Crippen LogP contribution in [-0.4, -0.2) is 81.8 Å². The van der Waals surface area contributed by atoms with Gasteiger partial charge < -0.3 is 19.7 Å². The SMILES string of the molecule is Fc1cccnc1OC[C@@]12CCO[C@@H]1CCN(Cc1ccncc1)C2.O=C(O)C(F)(F)F.O=C(O)C(F)(F)F. The Hall–Kier alpha value is -3.53. The first-order valence-electron chi connectivity index (χ1n) is 11.2. The molecule has 2 atom stereocenters. The molecule has 0 radical (unpaired) electrons. The van der Waals surface area contributed by atoms with Crippen molar-refractivity contribution in [3.05, 3.63) is 54.2 Å². The van der Waals surface area contributed by atoms with E-state index in [0.29, 0.717) is 6.61 Å². The predicted octanol–water partition coefficient (Wildman–Crippen LogP) is 3.94. The fourth-order valence-electron chi connectivity index (χ4n) is 3.92. The summed E-state index contributed by atoms with van der Waals surface area (Å²) < 4.78 is 89.0. The number of halogens is 7. The normalized spacial score (nSPS) is 20.9. The Morgan fingerprint density at radius 2 is 1.64 bits per heavy atom. The molecule has 2 N–H and O–H groups in total. The van der Waals surface area contributed by atoms with E-state index in [2.05, 4.69) is 14.9 Å². The Bertz CT molecular complexity index is 1060. The van der Waals surface area contributed by atoms with E-state index in [9.17, 15) is 30.7 Å². The number of aromatic nitrogens is 2. The number of piperidine rings is 1. The van der Waals surface area contributed by atoms with Crippen molar-refractivity contribution in [2.75, 3.05) is 26.3 Å². The molecule has 9 nitrogen and oxygen atoms in total. The van der Waals surface area contributed by atoms with Crippen molar-refractivity contribution in [3.8, 4) is 5.88 Å². The first-order chi connectivity index (χ1) is 18.1. The maximum atomic E-state index is 13.8. The summed E-state index contributed by atoms with van der Waals surface area (Å²) in [5.41, 5.74) is 1.15. The predicted molar refractivity (Wildman–Crippen MR) is 118 cm³/mol. The molecule has 0 amide bonds.